The summed E-state index contributed by atoms with van der Waals surface area (Å²) in [5.41, 5.74) is 0.178. The van der Waals surface area contributed by atoms with Gasteiger partial charge in [0.25, 0.3) is 0 Å². The molecule has 1 aromatic rings. The summed E-state index contributed by atoms with van der Waals surface area (Å²) >= 11 is 3.07. The lowest BCUT2D eigenvalue weighted by molar-refractivity contribution is -0.137. The smallest absolute Gasteiger partial charge is 0.364 e. The Bertz CT molecular complexity index is 404. The van der Waals surface area contributed by atoms with Crippen molar-refractivity contribution in [3.8, 4) is 0 Å². The lowest BCUT2D eigenvalue weighted by atomic mass is 10.1. The summed E-state index contributed by atoms with van der Waals surface area (Å²) in [6.07, 6.45) is -7.02. The van der Waals surface area contributed by atoms with Gasteiger partial charge in [-0.1, -0.05) is 22.0 Å². The van der Waals surface area contributed by atoms with Crippen LogP contribution >= 0.6 is 15.9 Å². The van der Waals surface area contributed by atoms with Crippen LogP contribution in [0.2, 0.25) is 0 Å². The molecule has 1 heterocycles. The van der Waals surface area contributed by atoms with Crippen molar-refractivity contribution < 1.29 is 22.3 Å². The van der Waals surface area contributed by atoms with Crippen LogP contribution in [0.3, 0.4) is 0 Å². The van der Waals surface area contributed by atoms with Crippen LogP contribution in [-0.4, -0.2) is 12.3 Å². The lowest BCUT2D eigenvalue weighted by Gasteiger charge is -2.03. The summed E-state index contributed by atoms with van der Waals surface area (Å²) in [5.74, 6) is -0.552. The molecular formula is C10H7BrF4O. The van der Waals surface area contributed by atoms with E-state index < -0.39 is 30.6 Å². The second-order valence-electron chi connectivity index (χ2n) is 3.58. The second kappa shape index (κ2) is 4.00. The first kappa shape index (κ1) is 11.9. The lowest BCUT2D eigenvalue weighted by Crippen LogP contribution is -2.11. The molecule has 0 N–H and O–H groups in total. The fourth-order valence-corrected chi connectivity index (χ4v) is 1.87. The van der Waals surface area contributed by atoms with Crippen molar-refractivity contribution in [3.05, 3.63) is 34.1 Å². The Balaban J connectivity index is 2.06. The normalized spacial score (nSPS) is 24.6. The SMILES string of the molecule is Fc1cc(Br)ccc1[C@H]1O[C@@H]1CC(F)(F)F. The molecule has 1 aliphatic heterocycles. The molecule has 1 nitrogen and oxygen atoms in total. The first-order chi connectivity index (χ1) is 7.37. The van der Waals surface area contributed by atoms with Crippen molar-refractivity contribution >= 4 is 15.9 Å². The van der Waals surface area contributed by atoms with Gasteiger partial charge in [0.2, 0.25) is 0 Å². The molecule has 1 saturated heterocycles. The molecule has 1 fully saturated rings. The molecule has 0 bridgehead atoms. The number of alkyl halides is 3. The van der Waals surface area contributed by atoms with Crippen molar-refractivity contribution in [3.63, 3.8) is 0 Å². The second-order valence-corrected chi connectivity index (χ2v) is 4.50. The quantitative estimate of drug-likeness (QED) is 0.594. The van der Waals surface area contributed by atoms with E-state index in [-0.39, 0.29) is 5.56 Å². The van der Waals surface area contributed by atoms with E-state index in [4.69, 9.17) is 4.74 Å². The van der Waals surface area contributed by atoms with E-state index in [1.165, 1.54) is 12.1 Å². The van der Waals surface area contributed by atoms with E-state index in [0.717, 1.165) is 0 Å². The van der Waals surface area contributed by atoms with Crippen molar-refractivity contribution in [1.29, 1.82) is 0 Å². The zero-order valence-electron chi connectivity index (χ0n) is 7.89. The van der Waals surface area contributed by atoms with Crippen LogP contribution in [-0.2, 0) is 4.74 Å². The maximum absolute atomic E-state index is 13.4. The summed E-state index contributed by atoms with van der Waals surface area (Å²) < 4.78 is 54.8. The molecule has 0 aromatic heterocycles. The predicted octanol–water partition coefficient (Wildman–Crippen LogP) is 3.98. The van der Waals surface area contributed by atoms with Crippen molar-refractivity contribution in [2.24, 2.45) is 0 Å². The fourth-order valence-electron chi connectivity index (χ4n) is 1.53. The Morgan fingerprint density at radius 3 is 2.56 bits per heavy atom. The van der Waals surface area contributed by atoms with Crippen molar-refractivity contribution in [1.82, 2.24) is 0 Å². The van der Waals surface area contributed by atoms with E-state index in [2.05, 4.69) is 15.9 Å². The average Bonchev–Trinajstić information content (AvgIpc) is 2.80. The third kappa shape index (κ3) is 2.74. The summed E-state index contributed by atoms with van der Waals surface area (Å²) in [6, 6.07) is 4.22. The highest BCUT2D eigenvalue weighted by Crippen LogP contribution is 2.45. The molecular weight excluding hydrogens is 292 g/mol. The van der Waals surface area contributed by atoms with Crippen LogP contribution in [0.25, 0.3) is 0 Å². The minimum Gasteiger partial charge on any atom is -0.364 e. The van der Waals surface area contributed by atoms with Crippen LogP contribution in [0.15, 0.2) is 22.7 Å². The third-order valence-corrected chi connectivity index (χ3v) is 2.78. The summed E-state index contributed by atoms with van der Waals surface area (Å²) in [5, 5.41) is 0. The molecule has 0 unspecified atom stereocenters. The molecule has 0 saturated carbocycles. The van der Waals surface area contributed by atoms with Gasteiger partial charge in [-0.25, -0.2) is 4.39 Å². The number of ether oxygens (including phenoxy) is 1. The number of epoxide rings is 1. The fraction of sp³-hybridized carbons (Fsp3) is 0.400. The third-order valence-electron chi connectivity index (χ3n) is 2.28. The zero-order valence-corrected chi connectivity index (χ0v) is 9.48. The van der Waals surface area contributed by atoms with Gasteiger partial charge in [0.05, 0.1) is 12.5 Å². The Morgan fingerprint density at radius 2 is 2.00 bits per heavy atom. The number of hydrogen-bond donors (Lipinski definition) is 0. The topological polar surface area (TPSA) is 12.5 Å². The number of hydrogen-bond acceptors (Lipinski definition) is 1. The molecule has 2 rings (SSSR count). The number of benzene rings is 1. The molecule has 2 atom stereocenters. The number of rotatable bonds is 2. The number of halogens is 5. The van der Waals surface area contributed by atoms with Crippen molar-refractivity contribution in [2.45, 2.75) is 24.8 Å². The molecule has 88 valence electrons. The van der Waals surface area contributed by atoms with Gasteiger partial charge < -0.3 is 4.74 Å². The van der Waals surface area contributed by atoms with Crippen LogP contribution in [0.5, 0.6) is 0 Å². The van der Waals surface area contributed by atoms with Gasteiger partial charge in [0.15, 0.2) is 0 Å². The van der Waals surface area contributed by atoms with Gasteiger partial charge in [0.1, 0.15) is 11.9 Å². The molecule has 1 aliphatic rings. The molecule has 0 aliphatic carbocycles. The maximum Gasteiger partial charge on any atom is 0.391 e. The summed E-state index contributed by atoms with van der Waals surface area (Å²) in [7, 11) is 0. The van der Waals surface area contributed by atoms with Gasteiger partial charge in [0, 0.05) is 10.0 Å². The van der Waals surface area contributed by atoms with Crippen LogP contribution in [0, 0.1) is 5.82 Å². The molecule has 6 heteroatoms. The Hall–Kier alpha value is -0.620. The van der Waals surface area contributed by atoms with Crippen LogP contribution in [0.1, 0.15) is 18.1 Å². The largest absolute Gasteiger partial charge is 0.391 e. The van der Waals surface area contributed by atoms with Gasteiger partial charge in [-0.05, 0) is 12.1 Å². The molecule has 0 amide bonds. The molecule has 0 spiro atoms. The molecule has 16 heavy (non-hydrogen) atoms. The van der Waals surface area contributed by atoms with E-state index >= 15 is 0 Å². The first-order valence-electron chi connectivity index (χ1n) is 4.54. The van der Waals surface area contributed by atoms with E-state index in [1.54, 1.807) is 6.07 Å². The highest BCUT2D eigenvalue weighted by Gasteiger charge is 2.48. The summed E-state index contributed by atoms with van der Waals surface area (Å²) in [6.45, 7) is 0. The predicted molar refractivity (Wildman–Crippen MR) is 52.4 cm³/mol. The minimum atomic E-state index is -4.27. The van der Waals surface area contributed by atoms with Gasteiger partial charge in [-0.2, -0.15) is 13.2 Å². The Morgan fingerprint density at radius 1 is 1.31 bits per heavy atom. The standard InChI is InChI=1S/C10H7BrF4O/c11-5-1-2-6(7(12)3-5)9-8(16-9)4-10(13,14)15/h1-3,8-9H,4H2/t8-,9-/m1/s1. The Kier molecular flexibility index (Phi) is 2.96. The van der Waals surface area contributed by atoms with Gasteiger partial charge >= 0.3 is 6.18 Å². The monoisotopic (exact) mass is 298 g/mol. The highest BCUT2D eigenvalue weighted by atomic mass is 79.9. The maximum atomic E-state index is 13.4. The molecule has 0 radical (unpaired) electrons. The van der Waals surface area contributed by atoms with E-state index in [1.807, 2.05) is 0 Å². The van der Waals surface area contributed by atoms with Gasteiger partial charge in [-0.15, -0.1) is 0 Å². The summed E-state index contributed by atoms with van der Waals surface area (Å²) in [4.78, 5) is 0. The molecule has 1 aromatic carbocycles. The first-order valence-corrected chi connectivity index (χ1v) is 5.33. The van der Waals surface area contributed by atoms with Crippen LogP contribution < -0.4 is 0 Å². The van der Waals surface area contributed by atoms with E-state index in [0.29, 0.717) is 4.47 Å². The zero-order chi connectivity index (χ0) is 11.9. The van der Waals surface area contributed by atoms with Crippen molar-refractivity contribution in [2.75, 3.05) is 0 Å². The van der Waals surface area contributed by atoms with E-state index in [9.17, 15) is 17.6 Å². The average molecular weight is 299 g/mol. The van der Waals surface area contributed by atoms with Crippen LogP contribution in [0.4, 0.5) is 17.6 Å². The highest BCUT2D eigenvalue weighted by molar-refractivity contribution is 9.10. The Labute approximate surface area is 97.5 Å². The minimum absolute atomic E-state index is 0.178. The van der Waals surface area contributed by atoms with Gasteiger partial charge in [-0.3, -0.25) is 0 Å².